The fraction of sp³-hybridized carbons (Fsp3) is 0.348. The van der Waals surface area contributed by atoms with Crippen molar-refractivity contribution in [2.24, 2.45) is 0 Å². The number of aromatic nitrogens is 3. The van der Waals surface area contributed by atoms with E-state index >= 15 is 0 Å². The molecule has 172 valence electrons. The third kappa shape index (κ3) is 5.46. The summed E-state index contributed by atoms with van der Waals surface area (Å²) >= 11 is 0. The second kappa shape index (κ2) is 10.1. The molecule has 0 radical (unpaired) electrons. The number of carbonyl (C=O) groups excluding carboxylic acids is 3. The Bertz CT molecular complexity index is 1120. The summed E-state index contributed by atoms with van der Waals surface area (Å²) in [5.41, 5.74) is 1.82. The van der Waals surface area contributed by atoms with Gasteiger partial charge in [0.15, 0.2) is 6.61 Å². The van der Waals surface area contributed by atoms with Gasteiger partial charge in [0.1, 0.15) is 6.04 Å². The first-order chi connectivity index (χ1) is 16.0. The number of nitrogens with one attached hydrogen (secondary N) is 2. The van der Waals surface area contributed by atoms with Crippen LogP contribution in [0.3, 0.4) is 0 Å². The monoisotopic (exact) mass is 450 g/mol. The molecule has 0 aliphatic carbocycles. The highest BCUT2D eigenvalue weighted by Crippen LogP contribution is 2.19. The molecule has 1 aromatic carbocycles. The van der Waals surface area contributed by atoms with E-state index in [1.165, 1.54) is 6.92 Å². The van der Waals surface area contributed by atoms with E-state index in [-0.39, 0.29) is 24.8 Å². The molecule has 1 aliphatic rings. The number of fused-ring (bicyclic) bond motifs is 1. The zero-order valence-electron chi connectivity index (χ0n) is 18.4. The summed E-state index contributed by atoms with van der Waals surface area (Å²) in [7, 11) is 0. The van der Waals surface area contributed by atoms with Crippen molar-refractivity contribution in [1.82, 2.24) is 25.2 Å². The Morgan fingerprint density at radius 3 is 2.55 bits per heavy atom. The standard InChI is InChI=1S/C23H26N6O4/c1-16(30)27-20(13-17-14-26-19-6-3-2-5-18(17)19)22(32)33-15-21(31)28-9-11-29(12-10-28)23-24-7-4-8-25-23/h2-8,14,20,26H,9-13,15H2,1H3,(H,27,30)/t20-/m0/s1. The molecule has 1 atom stereocenters. The Kier molecular flexibility index (Phi) is 6.82. The number of hydrogen-bond donors (Lipinski definition) is 2. The molecule has 0 saturated carbocycles. The molecule has 1 saturated heterocycles. The van der Waals surface area contributed by atoms with Crippen LogP contribution in [0, 0.1) is 0 Å². The lowest BCUT2D eigenvalue weighted by molar-refractivity contribution is -0.154. The van der Waals surface area contributed by atoms with Crippen molar-refractivity contribution in [2.75, 3.05) is 37.7 Å². The number of rotatable bonds is 7. The van der Waals surface area contributed by atoms with E-state index in [2.05, 4.69) is 20.3 Å². The molecule has 3 aromatic rings. The second-order valence-electron chi connectivity index (χ2n) is 7.84. The van der Waals surface area contributed by atoms with Crippen molar-refractivity contribution in [3.63, 3.8) is 0 Å². The third-order valence-electron chi connectivity index (χ3n) is 5.57. The van der Waals surface area contributed by atoms with Crippen molar-refractivity contribution < 1.29 is 19.1 Å². The van der Waals surface area contributed by atoms with E-state index in [9.17, 15) is 14.4 Å². The van der Waals surface area contributed by atoms with Crippen molar-refractivity contribution in [3.8, 4) is 0 Å². The van der Waals surface area contributed by atoms with Gasteiger partial charge in [0.05, 0.1) is 0 Å². The first-order valence-corrected chi connectivity index (χ1v) is 10.8. The Hall–Kier alpha value is -3.95. The summed E-state index contributed by atoms with van der Waals surface area (Å²) < 4.78 is 5.30. The van der Waals surface area contributed by atoms with Gasteiger partial charge < -0.3 is 24.8 Å². The zero-order chi connectivity index (χ0) is 23.2. The van der Waals surface area contributed by atoms with Crippen LogP contribution in [0.5, 0.6) is 0 Å². The van der Waals surface area contributed by atoms with Gasteiger partial charge in [-0.25, -0.2) is 14.8 Å². The summed E-state index contributed by atoms with van der Waals surface area (Å²) in [5.74, 6) is -0.625. The van der Waals surface area contributed by atoms with Crippen molar-refractivity contribution in [1.29, 1.82) is 0 Å². The van der Waals surface area contributed by atoms with Gasteiger partial charge in [-0.15, -0.1) is 0 Å². The number of ether oxygens (including phenoxy) is 1. The van der Waals surface area contributed by atoms with E-state index in [0.717, 1.165) is 16.5 Å². The van der Waals surface area contributed by atoms with Gasteiger partial charge >= 0.3 is 5.97 Å². The minimum absolute atomic E-state index is 0.256. The summed E-state index contributed by atoms with van der Waals surface area (Å²) in [6, 6.07) is 8.58. The van der Waals surface area contributed by atoms with Crippen LogP contribution in [0.15, 0.2) is 48.9 Å². The molecule has 33 heavy (non-hydrogen) atoms. The predicted octanol–water partition coefficient (Wildman–Crippen LogP) is 0.897. The molecule has 10 nitrogen and oxygen atoms in total. The highest BCUT2D eigenvalue weighted by Gasteiger charge is 2.26. The molecule has 1 aliphatic heterocycles. The molecular weight excluding hydrogens is 424 g/mol. The lowest BCUT2D eigenvalue weighted by Crippen LogP contribution is -2.50. The zero-order valence-corrected chi connectivity index (χ0v) is 18.4. The number of hydrogen-bond acceptors (Lipinski definition) is 7. The van der Waals surface area contributed by atoms with Gasteiger partial charge in [-0.1, -0.05) is 18.2 Å². The first-order valence-electron chi connectivity index (χ1n) is 10.8. The third-order valence-corrected chi connectivity index (χ3v) is 5.57. The summed E-state index contributed by atoms with van der Waals surface area (Å²) in [4.78, 5) is 52.2. The van der Waals surface area contributed by atoms with E-state index in [1.54, 1.807) is 23.4 Å². The van der Waals surface area contributed by atoms with Crippen molar-refractivity contribution in [3.05, 3.63) is 54.5 Å². The highest BCUT2D eigenvalue weighted by atomic mass is 16.5. The minimum Gasteiger partial charge on any atom is -0.454 e. The van der Waals surface area contributed by atoms with Crippen molar-refractivity contribution >= 4 is 34.6 Å². The number of nitrogens with zero attached hydrogens (tertiary/aromatic N) is 4. The van der Waals surface area contributed by atoms with E-state index < -0.39 is 12.0 Å². The molecule has 2 N–H and O–H groups in total. The number of H-pyrrole nitrogens is 1. The Morgan fingerprint density at radius 2 is 1.82 bits per heavy atom. The number of piperazine rings is 1. The second-order valence-corrected chi connectivity index (χ2v) is 7.84. The highest BCUT2D eigenvalue weighted by molar-refractivity contribution is 5.88. The smallest absolute Gasteiger partial charge is 0.329 e. The fourth-order valence-electron chi connectivity index (χ4n) is 3.89. The molecule has 3 heterocycles. The van der Waals surface area contributed by atoms with Crippen LogP contribution in [-0.2, 0) is 25.5 Å². The molecule has 10 heteroatoms. The van der Waals surface area contributed by atoms with Gasteiger partial charge in [0.2, 0.25) is 11.9 Å². The lowest BCUT2D eigenvalue weighted by atomic mass is 10.0. The Labute approximate surface area is 190 Å². The first kappa shape index (κ1) is 22.3. The molecule has 2 amide bonds. The van der Waals surface area contributed by atoms with Gasteiger partial charge in [-0.3, -0.25) is 9.59 Å². The predicted molar refractivity (Wildman–Crippen MR) is 121 cm³/mol. The summed E-state index contributed by atoms with van der Waals surface area (Å²) in [6.45, 7) is 3.14. The van der Waals surface area contributed by atoms with Crippen molar-refractivity contribution in [2.45, 2.75) is 19.4 Å². The number of carbonyl (C=O) groups is 3. The SMILES string of the molecule is CC(=O)N[C@@H](Cc1c[nH]c2ccccc12)C(=O)OCC(=O)N1CCN(c2ncccn2)CC1. The molecule has 0 bridgehead atoms. The average molecular weight is 450 g/mol. The van der Waals surface area contributed by atoms with Gasteiger partial charge in [0, 0.05) is 69.0 Å². The van der Waals surface area contributed by atoms with Crippen LogP contribution in [0.1, 0.15) is 12.5 Å². The molecule has 0 spiro atoms. The summed E-state index contributed by atoms with van der Waals surface area (Å²) in [6.07, 6.45) is 5.43. The number of anilines is 1. The van der Waals surface area contributed by atoms with Crippen LogP contribution in [0.2, 0.25) is 0 Å². The fourth-order valence-corrected chi connectivity index (χ4v) is 3.89. The van der Waals surface area contributed by atoms with Crippen LogP contribution >= 0.6 is 0 Å². The molecule has 4 rings (SSSR count). The van der Waals surface area contributed by atoms with Gasteiger partial charge in [-0.05, 0) is 17.7 Å². The maximum atomic E-state index is 12.7. The molecule has 0 unspecified atom stereocenters. The minimum atomic E-state index is -0.887. The quantitative estimate of drug-likeness (QED) is 0.513. The van der Waals surface area contributed by atoms with Crippen LogP contribution < -0.4 is 10.2 Å². The van der Waals surface area contributed by atoms with E-state index in [4.69, 9.17) is 4.74 Å². The molecular formula is C23H26N6O4. The van der Waals surface area contributed by atoms with Gasteiger partial charge in [-0.2, -0.15) is 0 Å². The maximum Gasteiger partial charge on any atom is 0.329 e. The van der Waals surface area contributed by atoms with E-state index in [0.29, 0.717) is 32.1 Å². The number of aromatic amines is 1. The number of benzene rings is 1. The topological polar surface area (TPSA) is 121 Å². The normalized spacial score (nSPS) is 14.7. The number of para-hydroxylation sites is 1. The number of amides is 2. The van der Waals surface area contributed by atoms with Crippen LogP contribution in [0.25, 0.3) is 10.9 Å². The summed E-state index contributed by atoms with van der Waals surface area (Å²) in [5, 5.41) is 3.61. The average Bonchev–Trinajstić information content (AvgIpc) is 3.25. The number of esters is 1. The lowest BCUT2D eigenvalue weighted by Gasteiger charge is -2.34. The van der Waals surface area contributed by atoms with Gasteiger partial charge in [0.25, 0.3) is 5.91 Å². The Balaban J connectivity index is 1.31. The maximum absolute atomic E-state index is 12.7. The van der Waals surface area contributed by atoms with Crippen LogP contribution in [0.4, 0.5) is 5.95 Å². The molecule has 2 aromatic heterocycles. The van der Waals surface area contributed by atoms with Crippen LogP contribution in [-0.4, -0.2) is 76.5 Å². The largest absolute Gasteiger partial charge is 0.454 e. The van der Waals surface area contributed by atoms with E-state index in [1.807, 2.05) is 35.4 Å². The Morgan fingerprint density at radius 1 is 1.09 bits per heavy atom. The molecule has 1 fully saturated rings.